The van der Waals surface area contributed by atoms with Crippen molar-refractivity contribution < 1.29 is 19.4 Å². The lowest BCUT2D eigenvalue weighted by molar-refractivity contribution is -0.137. The van der Waals surface area contributed by atoms with E-state index in [4.69, 9.17) is 9.52 Å². The SMILES string of the molecule is Cc1nc2ccc(NCC(O)CCC(=O)O)cc2o1. The number of aliphatic hydroxyl groups excluding tert-OH is 1. The normalized spacial score (nSPS) is 12.5. The summed E-state index contributed by atoms with van der Waals surface area (Å²) in [5.41, 5.74) is 2.27. The van der Waals surface area contributed by atoms with Gasteiger partial charge >= 0.3 is 5.97 Å². The zero-order valence-corrected chi connectivity index (χ0v) is 10.6. The second-order valence-electron chi connectivity index (χ2n) is 4.38. The van der Waals surface area contributed by atoms with Crippen molar-refractivity contribution in [2.24, 2.45) is 0 Å². The lowest BCUT2D eigenvalue weighted by atomic mass is 10.2. The van der Waals surface area contributed by atoms with Gasteiger partial charge in [0.2, 0.25) is 0 Å². The highest BCUT2D eigenvalue weighted by atomic mass is 16.4. The van der Waals surface area contributed by atoms with Gasteiger partial charge in [0.15, 0.2) is 11.5 Å². The van der Waals surface area contributed by atoms with Crippen molar-refractivity contribution in [2.45, 2.75) is 25.9 Å². The average molecular weight is 264 g/mol. The van der Waals surface area contributed by atoms with Crippen LogP contribution in [0, 0.1) is 6.92 Å². The van der Waals surface area contributed by atoms with E-state index >= 15 is 0 Å². The van der Waals surface area contributed by atoms with Crippen LogP contribution in [0.3, 0.4) is 0 Å². The minimum atomic E-state index is -0.905. The van der Waals surface area contributed by atoms with Crippen molar-refractivity contribution in [3.63, 3.8) is 0 Å². The quantitative estimate of drug-likeness (QED) is 0.736. The van der Waals surface area contributed by atoms with Crippen LogP contribution in [-0.2, 0) is 4.79 Å². The molecule has 2 rings (SSSR count). The standard InChI is InChI=1S/C13H16N2O4/c1-8-15-11-4-2-9(6-12(11)19-8)14-7-10(16)3-5-13(17)18/h2,4,6,10,14,16H,3,5,7H2,1H3,(H,17,18). The summed E-state index contributed by atoms with van der Waals surface area (Å²) in [4.78, 5) is 14.6. The third-order valence-electron chi connectivity index (χ3n) is 2.73. The van der Waals surface area contributed by atoms with Crippen molar-refractivity contribution in [1.82, 2.24) is 4.98 Å². The zero-order chi connectivity index (χ0) is 13.8. The molecule has 102 valence electrons. The number of nitrogens with zero attached hydrogens (tertiary/aromatic N) is 1. The molecule has 0 saturated heterocycles. The Kier molecular flexibility index (Phi) is 4.01. The smallest absolute Gasteiger partial charge is 0.303 e. The lowest BCUT2D eigenvalue weighted by Crippen LogP contribution is -2.20. The Hall–Kier alpha value is -2.08. The van der Waals surface area contributed by atoms with Crippen molar-refractivity contribution in [3.05, 3.63) is 24.1 Å². The van der Waals surface area contributed by atoms with Crippen LogP contribution in [0.5, 0.6) is 0 Å². The number of hydrogen-bond acceptors (Lipinski definition) is 5. The van der Waals surface area contributed by atoms with E-state index in [2.05, 4.69) is 10.3 Å². The first kappa shape index (κ1) is 13.4. The monoisotopic (exact) mass is 264 g/mol. The van der Waals surface area contributed by atoms with Crippen molar-refractivity contribution >= 4 is 22.8 Å². The summed E-state index contributed by atoms with van der Waals surface area (Å²) in [7, 11) is 0. The van der Waals surface area contributed by atoms with Gasteiger partial charge in [-0.1, -0.05) is 0 Å². The van der Waals surface area contributed by atoms with E-state index in [1.54, 1.807) is 13.0 Å². The molecule has 6 nitrogen and oxygen atoms in total. The summed E-state index contributed by atoms with van der Waals surface area (Å²) in [6.07, 6.45) is -0.502. The van der Waals surface area contributed by atoms with E-state index in [1.807, 2.05) is 12.1 Å². The van der Waals surface area contributed by atoms with Gasteiger partial charge in [-0.15, -0.1) is 0 Å². The van der Waals surface area contributed by atoms with E-state index in [0.29, 0.717) is 18.0 Å². The molecule has 3 N–H and O–H groups in total. The summed E-state index contributed by atoms with van der Waals surface area (Å²) < 4.78 is 5.40. The molecule has 6 heteroatoms. The van der Waals surface area contributed by atoms with Gasteiger partial charge in [0.25, 0.3) is 0 Å². The minimum absolute atomic E-state index is 0.0385. The fourth-order valence-corrected chi connectivity index (χ4v) is 1.78. The zero-order valence-electron chi connectivity index (χ0n) is 10.6. The lowest BCUT2D eigenvalue weighted by Gasteiger charge is -2.11. The van der Waals surface area contributed by atoms with E-state index in [9.17, 15) is 9.90 Å². The maximum absolute atomic E-state index is 10.4. The Bertz CT molecular complexity index is 579. The highest BCUT2D eigenvalue weighted by Gasteiger charge is 2.08. The number of rotatable bonds is 6. The Morgan fingerprint density at radius 3 is 3.05 bits per heavy atom. The number of benzene rings is 1. The van der Waals surface area contributed by atoms with Gasteiger partial charge in [0.05, 0.1) is 6.10 Å². The van der Waals surface area contributed by atoms with Gasteiger partial charge in [-0.05, 0) is 18.6 Å². The van der Waals surface area contributed by atoms with Gasteiger partial charge in [0.1, 0.15) is 5.52 Å². The van der Waals surface area contributed by atoms with Crippen LogP contribution in [0.2, 0.25) is 0 Å². The van der Waals surface area contributed by atoms with Gasteiger partial charge < -0.3 is 19.9 Å². The van der Waals surface area contributed by atoms with E-state index < -0.39 is 12.1 Å². The number of hydrogen-bond donors (Lipinski definition) is 3. The predicted molar refractivity (Wildman–Crippen MR) is 70.1 cm³/mol. The molecule has 0 aliphatic rings. The number of aliphatic hydroxyl groups is 1. The third kappa shape index (κ3) is 3.69. The maximum Gasteiger partial charge on any atom is 0.303 e. The number of aryl methyl sites for hydroxylation is 1. The Morgan fingerprint density at radius 1 is 1.53 bits per heavy atom. The number of carboxylic acids is 1. The summed E-state index contributed by atoms with van der Waals surface area (Å²) in [5.74, 6) is -0.300. The first-order valence-corrected chi connectivity index (χ1v) is 6.05. The molecule has 1 heterocycles. The molecule has 0 fully saturated rings. The van der Waals surface area contributed by atoms with Gasteiger partial charge in [-0.25, -0.2) is 4.98 Å². The fraction of sp³-hybridized carbons (Fsp3) is 0.385. The number of oxazole rings is 1. The predicted octanol–water partition coefficient (Wildman–Crippen LogP) is 1.77. The molecule has 2 aromatic rings. The molecule has 1 unspecified atom stereocenters. The molecule has 1 aromatic carbocycles. The molecule has 0 amide bonds. The van der Waals surface area contributed by atoms with Crippen LogP contribution in [0.1, 0.15) is 18.7 Å². The molecular formula is C13H16N2O4. The Labute approximate surface area is 110 Å². The number of aromatic nitrogens is 1. The summed E-state index contributed by atoms with van der Waals surface area (Å²) in [6, 6.07) is 5.48. The Balaban J connectivity index is 1.92. The van der Waals surface area contributed by atoms with Crippen LogP contribution in [0.15, 0.2) is 22.6 Å². The molecule has 0 radical (unpaired) electrons. The Morgan fingerprint density at radius 2 is 2.32 bits per heavy atom. The molecular weight excluding hydrogens is 248 g/mol. The highest BCUT2D eigenvalue weighted by Crippen LogP contribution is 2.19. The van der Waals surface area contributed by atoms with Crippen molar-refractivity contribution in [1.29, 1.82) is 0 Å². The first-order valence-electron chi connectivity index (χ1n) is 6.05. The molecule has 0 saturated carbocycles. The second-order valence-corrected chi connectivity index (χ2v) is 4.38. The van der Waals surface area contributed by atoms with Crippen LogP contribution < -0.4 is 5.32 Å². The van der Waals surface area contributed by atoms with Crippen LogP contribution in [-0.4, -0.2) is 33.8 Å². The number of carboxylic acid groups (broad SMARTS) is 1. The van der Waals surface area contributed by atoms with Gasteiger partial charge in [-0.2, -0.15) is 0 Å². The highest BCUT2D eigenvalue weighted by molar-refractivity contribution is 5.77. The van der Waals surface area contributed by atoms with E-state index in [1.165, 1.54) is 0 Å². The number of nitrogens with one attached hydrogen (secondary N) is 1. The number of fused-ring (bicyclic) bond motifs is 1. The summed E-state index contributed by atoms with van der Waals surface area (Å²) in [5, 5.41) is 21.2. The van der Waals surface area contributed by atoms with E-state index in [-0.39, 0.29) is 12.8 Å². The third-order valence-corrected chi connectivity index (χ3v) is 2.73. The average Bonchev–Trinajstić information content (AvgIpc) is 2.73. The molecule has 0 aliphatic carbocycles. The van der Waals surface area contributed by atoms with Gasteiger partial charge in [0, 0.05) is 31.6 Å². The topological polar surface area (TPSA) is 95.6 Å². The fourth-order valence-electron chi connectivity index (χ4n) is 1.78. The van der Waals surface area contributed by atoms with Crippen LogP contribution in [0.25, 0.3) is 11.1 Å². The van der Waals surface area contributed by atoms with E-state index in [0.717, 1.165) is 11.2 Å². The van der Waals surface area contributed by atoms with Crippen molar-refractivity contribution in [2.75, 3.05) is 11.9 Å². The maximum atomic E-state index is 10.4. The molecule has 0 aliphatic heterocycles. The minimum Gasteiger partial charge on any atom is -0.481 e. The van der Waals surface area contributed by atoms with Crippen LogP contribution >= 0.6 is 0 Å². The van der Waals surface area contributed by atoms with Crippen molar-refractivity contribution in [3.8, 4) is 0 Å². The molecule has 19 heavy (non-hydrogen) atoms. The second kappa shape index (κ2) is 5.71. The number of anilines is 1. The molecule has 1 aromatic heterocycles. The largest absolute Gasteiger partial charge is 0.481 e. The first-order chi connectivity index (χ1) is 9.04. The van der Waals surface area contributed by atoms with Crippen LogP contribution in [0.4, 0.5) is 5.69 Å². The number of aliphatic carboxylic acids is 1. The van der Waals surface area contributed by atoms with Gasteiger partial charge in [-0.3, -0.25) is 4.79 Å². The molecule has 0 spiro atoms. The number of carbonyl (C=O) groups is 1. The molecule has 1 atom stereocenters. The molecule has 0 bridgehead atoms. The summed E-state index contributed by atoms with van der Waals surface area (Å²) >= 11 is 0. The summed E-state index contributed by atoms with van der Waals surface area (Å²) in [6.45, 7) is 2.08.